The summed E-state index contributed by atoms with van der Waals surface area (Å²) in [6.45, 7) is 4.40. The van der Waals surface area contributed by atoms with Gasteiger partial charge < -0.3 is 15.7 Å². The summed E-state index contributed by atoms with van der Waals surface area (Å²) >= 11 is 0. The summed E-state index contributed by atoms with van der Waals surface area (Å²) in [4.78, 5) is 13.9. The second kappa shape index (κ2) is 6.86. The van der Waals surface area contributed by atoms with Crippen LogP contribution < -0.4 is 5.73 Å². The van der Waals surface area contributed by atoms with Gasteiger partial charge in [-0.25, -0.2) is 0 Å². The monoisotopic (exact) mass is 228 g/mol. The van der Waals surface area contributed by atoms with Crippen LogP contribution in [-0.4, -0.2) is 42.2 Å². The Balaban J connectivity index is 2.40. The Morgan fingerprint density at radius 1 is 1.62 bits per heavy atom. The minimum Gasteiger partial charge on any atom is -0.396 e. The molecule has 0 radical (unpaired) electrons. The van der Waals surface area contributed by atoms with Gasteiger partial charge in [0, 0.05) is 26.1 Å². The van der Waals surface area contributed by atoms with Crippen LogP contribution in [0.15, 0.2) is 0 Å². The van der Waals surface area contributed by atoms with Crippen LogP contribution in [0.2, 0.25) is 0 Å². The highest BCUT2D eigenvalue weighted by molar-refractivity contribution is 5.76. The molecule has 0 aliphatic carbocycles. The van der Waals surface area contributed by atoms with Crippen molar-refractivity contribution in [1.82, 2.24) is 4.90 Å². The first-order chi connectivity index (χ1) is 7.71. The summed E-state index contributed by atoms with van der Waals surface area (Å²) in [6.07, 6.45) is 3.56. The minimum absolute atomic E-state index is 0.192. The molecule has 4 heteroatoms. The lowest BCUT2D eigenvalue weighted by atomic mass is 9.97. The lowest BCUT2D eigenvalue weighted by molar-refractivity contribution is -0.134. The van der Waals surface area contributed by atoms with Crippen LogP contribution in [0.3, 0.4) is 0 Å². The molecule has 0 saturated carbocycles. The number of hydrogen-bond acceptors (Lipinski definition) is 3. The summed E-state index contributed by atoms with van der Waals surface area (Å²) < 4.78 is 0. The van der Waals surface area contributed by atoms with Crippen LogP contribution in [-0.2, 0) is 4.79 Å². The Morgan fingerprint density at radius 3 is 2.94 bits per heavy atom. The van der Waals surface area contributed by atoms with Gasteiger partial charge in [0.15, 0.2) is 0 Å². The van der Waals surface area contributed by atoms with E-state index in [-0.39, 0.29) is 18.4 Å². The lowest BCUT2D eigenvalue weighted by Gasteiger charge is -2.32. The quantitative estimate of drug-likeness (QED) is 0.724. The molecule has 2 unspecified atom stereocenters. The van der Waals surface area contributed by atoms with Crippen molar-refractivity contribution < 1.29 is 9.90 Å². The molecule has 3 N–H and O–H groups in total. The van der Waals surface area contributed by atoms with Crippen LogP contribution in [0.5, 0.6) is 0 Å². The van der Waals surface area contributed by atoms with Gasteiger partial charge in [-0.1, -0.05) is 13.3 Å². The van der Waals surface area contributed by atoms with Crippen LogP contribution in [0.4, 0.5) is 0 Å². The molecule has 1 saturated heterocycles. The highest BCUT2D eigenvalue weighted by Crippen LogP contribution is 2.18. The van der Waals surface area contributed by atoms with Crippen molar-refractivity contribution in [2.75, 3.05) is 26.2 Å². The molecule has 16 heavy (non-hydrogen) atoms. The van der Waals surface area contributed by atoms with E-state index < -0.39 is 0 Å². The Bertz CT molecular complexity index is 217. The van der Waals surface area contributed by atoms with Crippen molar-refractivity contribution in [3.8, 4) is 0 Å². The number of hydrogen-bond donors (Lipinski definition) is 2. The molecule has 1 aliphatic heterocycles. The zero-order valence-electron chi connectivity index (χ0n) is 10.2. The number of rotatable bonds is 5. The van der Waals surface area contributed by atoms with E-state index in [4.69, 9.17) is 10.8 Å². The third-order valence-electron chi connectivity index (χ3n) is 3.50. The topological polar surface area (TPSA) is 66.6 Å². The SMILES string of the molecule is CCC(CN)CC(=O)N1CCCC(CO)C1. The van der Waals surface area contributed by atoms with Crippen molar-refractivity contribution in [1.29, 1.82) is 0 Å². The number of piperidine rings is 1. The molecule has 1 amide bonds. The van der Waals surface area contributed by atoms with Gasteiger partial charge >= 0.3 is 0 Å². The Morgan fingerprint density at radius 2 is 2.38 bits per heavy atom. The number of nitrogens with zero attached hydrogens (tertiary/aromatic N) is 1. The van der Waals surface area contributed by atoms with E-state index in [9.17, 15) is 4.79 Å². The zero-order valence-corrected chi connectivity index (χ0v) is 10.2. The van der Waals surface area contributed by atoms with Crippen molar-refractivity contribution in [3.63, 3.8) is 0 Å². The van der Waals surface area contributed by atoms with Crippen molar-refractivity contribution >= 4 is 5.91 Å². The molecule has 1 aliphatic rings. The molecule has 0 aromatic heterocycles. The summed E-state index contributed by atoms with van der Waals surface area (Å²) in [5.41, 5.74) is 5.60. The third-order valence-corrected chi connectivity index (χ3v) is 3.50. The molecule has 1 heterocycles. The van der Waals surface area contributed by atoms with E-state index in [1.165, 1.54) is 0 Å². The predicted molar refractivity (Wildman–Crippen MR) is 63.8 cm³/mol. The fourth-order valence-electron chi connectivity index (χ4n) is 2.21. The molecule has 1 fully saturated rings. The second-order valence-electron chi connectivity index (χ2n) is 4.74. The molecular formula is C12H24N2O2. The van der Waals surface area contributed by atoms with E-state index >= 15 is 0 Å². The second-order valence-corrected chi connectivity index (χ2v) is 4.74. The predicted octanol–water partition coefficient (Wildman–Crippen LogP) is 0.592. The molecule has 0 aromatic rings. The average molecular weight is 228 g/mol. The molecule has 2 atom stereocenters. The molecule has 0 spiro atoms. The van der Waals surface area contributed by atoms with Gasteiger partial charge in [-0.3, -0.25) is 4.79 Å². The van der Waals surface area contributed by atoms with Crippen LogP contribution in [0, 0.1) is 11.8 Å². The maximum absolute atomic E-state index is 12.0. The first kappa shape index (κ1) is 13.5. The fraction of sp³-hybridized carbons (Fsp3) is 0.917. The van der Waals surface area contributed by atoms with Crippen LogP contribution in [0.1, 0.15) is 32.6 Å². The van der Waals surface area contributed by atoms with Gasteiger partial charge in [-0.15, -0.1) is 0 Å². The van der Waals surface area contributed by atoms with Crippen molar-refractivity contribution in [2.24, 2.45) is 17.6 Å². The Hall–Kier alpha value is -0.610. The van der Waals surface area contributed by atoms with Gasteiger partial charge in [0.25, 0.3) is 0 Å². The minimum atomic E-state index is 0.192. The maximum atomic E-state index is 12.0. The fourth-order valence-corrected chi connectivity index (χ4v) is 2.21. The molecule has 1 rings (SSSR count). The molecule has 0 aromatic carbocycles. The van der Waals surface area contributed by atoms with Gasteiger partial charge in [0.1, 0.15) is 0 Å². The van der Waals surface area contributed by atoms with Crippen molar-refractivity contribution in [3.05, 3.63) is 0 Å². The Kier molecular flexibility index (Phi) is 5.77. The average Bonchev–Trinajstić information content (AvgIpc) is 2.35. The smallest absolute Gasteiger partial charge is 0.222 e. The standard InChI is InChI=1S/C12H24N2O2/c1-2-10(7-13)6-12(16)14-5-3-4-11(8-14)9-15/h10-11,15H,2-9,13H2,1H3. The first-order valence-electron chi connectivity index (χ1n) is 6.29. The highest BCUT2D eigenvalue weighted by atomic mass is 16.3. The number of aliphatic hydroxyl groups excluding tert-OH is 1. The van der Waals surface area contributed by atoms with Gasteiger partial charge in [0.2, 0.25) is 5.91 Å². The van der Waals surface area contributed by atoms with Crippen molar-refractivity contribution in [2.45, 2.75) is 32.6 Å². The maximum Gasteiger partial charge on any atom is 0.222 e. The zero-order chi connectivity index (χ0) is 12.0. The number of nitrogens with two attached hydrogens (primary N) is 1. The number of carbonyl (C=O) groups is 1. The van der Waals surface area contributed by atoms with Crippen LogP contribution >= 0.6 is 0 Å². The van der Waals surface area contributed by atoms with E-state index in [1.807, 2.05) is 4.90 Å². The number of carbonyl (C=O) groups excluding carboxylic acids is 1. The number of amides is 1. The molecule has 94 valence electrons. The molecule has 4 nitrogen and oxygen atoms in total. The molecule has 0 bridgehead atoms. The van der Waals surface area contributed by atoms with E-state index in [0.717, 1.165) is 32.4 Å². The summed E-state index contributed by atoms with van der Waals surface area (Å²) in [7, 11) is 0. The van der Waals surface area contributed by atoms with Gasteiger partial charge in [-0.05, 0) is 31.2 Å². The number of aliphatic hydroxyl groups is 1. The van der Waals surface area contributed by atoms with Crippen LogP contribution in [0.25, 0.3) is 0 Å². The highest BCUT2D eigenvalue weighted by Gasteiger charge is 2.24. The van der Waals surface area contributed by atoms with Gasteiger partial charge in [-0.2, -0.15) is 0 Å². The van der Waals surface area contributed by atoms with E-state index in [0.29, 0.717) is 18.9 Å². The summed E-state index contributed by atoms with van der Waals surface area (Å²) in [6, 6.07) is 0. The van der Waals surface area contributed by atoms with E-state index in [1.54, 1.807) is 0 Å². The Labute approximate surface area is 97.8 Å². The third kappa shape index (κ3) is 3.76. The van der Waals surface area contributed by atoms with E-state index in [2.05, 4.69) is 6.92 Å². The largest absolute Gasteiger partial charge is 0.396 e. The lowest BCUT2D eigenvalue weighted by Crippen LogP contribution is -2.42. The van der Waals surface area contributed by atoms with Gasteiger partial charge in [0.05, 0.1) is 0 Å². The summed E-state index contributed by atoms with van der Waals surface area (Å²) in [5.74, 6) is 0.785. The first-order valence-corrected chi connectivity index (χ1v) is 6.29. The summed E-state index contributed by atoms with van der Waals surface area (Å²) in [5, 5.41) is 9.11. The normalized spacial score (nSPS) is 23.2. The molecular weight excluding hydrogens is 204 g/mol. The number of likely N-dealkylation sites (tertiary alicyclic amines) is 1.